The summed E-state index contributed by atoms with van der Waals surface area (Å²) >= 11 is 0. The van der Waals surface area contributed by atoms with Crippen molar-refractivity contribution in [2.75, 3.05) is 0 Å². The fraction of sp³-hybridized carbons (Fsp3) is 0. The number of rotatable bonds is 4. The van der Waals surface area contributed by atoms with Crippen LogP contribution in [0, 0.1) is 0 Å². The molecule has 12 aromatic rings. The lowest BCUT2D eigenvalue weighted by Gasteiger charge is -2.23. The highest BCUT2D eigenvalue weighted by Gasteiger charge is 2.24. The second-order valence-corrected chi connectivity index (χ2v) is 15.1. The van der Waals surface area contributed by atoms with Crippen LogP contribution in [0.3, 0.4) is 0 Å². The third-order valence-corrected chi connectivity index (χ3v) is 12.1. The molecule has 0 unspecified atom stereocenters. The number of hydrogen-bond acceptors (Lipinski definition) is 0. The molecule has 1 nitrogen and oxygen atoms in total. The number of benzene rings is 11. The minimum Gasteiger partial charge on any atom is -0.308 e. The summed E-state index contributed by atoms with van der Waals surface area (Å²) in [7, 11) is 0. The van der Waals surface area contributed by atoms with Gasteiger partial charge in [-0.25, -0.2) is 0 Å². The lowest BCUT2D eigenvalue weighted by molar-refractivity contribution is 1.21. The zero-order chi connectivity index (χ0) is 37.5. The maximum atomic E-state index is 2.50. The number of aromatic nitrogens is 1. The summed E-state index contributed by atoms with van der Waals surface area (Å²) in [6.45, 7) is 0. The van der Waals surface area contributed by atoms with Gasteiger partial charge in [-0.15, -0.1) is 0 Å². The molecule has 1 heterocycles. The summed E-state index contributed by atoms with van der Waals surface area (Å²) in [5.74, 6) is 0. The molecule has 0 amide bonds. The predicted octanol–water partition coefficient (Wildman–Crippen LogP) is 15.6. The first-order valence-corrected chi connectivity index (χ1v) is 19.8. The molecular formula is C56H35N. The van der Waals surface area contributed by atoms with Crippen LogP contribution < -0.4 is 0 Å². The highest BCUT2D eigenvalue weighted by molar-refractivity contribution is 6.30. The first-order valence-electron chi connectivity index (χ1n) is 19.8. The fourth-order valence-corrected chi connectivity index (χ4v) is 9.77. The smallest absolute Gasteiger partial charge is 0.0619 e. The molecule has 0 bridgehead atoms. The molecule has 0 aliphatic rings. The Labute approximate surface area is 330 Å². The van der Waals surface area contributed by atoms with E-state index in [1.54, 1.807) is 0 Å². The Hall–Kier alpha value is -7.48. The van der Waals surface area contributed by atoms with Crippen LogP contribution in [0.15, 0.2) is 212 Å². The van der Waals surface area contributed by atoms with Crippen LogP contribution in [0.5, 0.6) is 0 Å². The van der Waals surface area contributed by atoms with E-state index in [0.29, 0.717) is 0 Å². The summed E-state index contributed by atoms with van der Waals surface area (Å²) in [4.78, 5) is 0. The lowest BCUT2D eigenvalue weighted by atomic mass is 9.81. The van der Waals surface area contributed by atoms with Crippen molar-refractivity contribution in [2.45, 2.75) is 0 Å². The Morgan fingerprint density at radius 1 is 0.246 bits per heavy atom. The van der Waals surface area contributed by atoms with E-state index in [-0.39, 0.29) is 0 Å². The second kappa shape index (κ2) is 12.5. The Bertz CT molecular complexity index is 3400. The van der Waals surface area contributed by atoms with Crippen molar-refractivity contribution in [1.82, 2.24) is 4.57 Å². The van der Waals surface area contributed by atoms with Gasteiger partial charge in [0.05, 0.1) is 16.7 Å². The summed E-state index contributed by atoms with van der Waals surface area (Å²) in [5, 5.41) is 15.0. The summed E-state index contributed by atoms with van der Waals surface area (Å²) in [6.07, 6.45) is 0. The van der Waals surface area contributed by atoms with E-state index in [9.17, 15) is 0 Å². The van der Waals surface area contributed by atoms with Crippen LogP contribution in [0.4, 0.5) is 0 Å². The SMILES string of the molecule is c1ccc(-c2cc3ccccc3cc2-c2c3ccccc3c(-c3c4ccccc4c(-n4c5ccccc5c5ccccc54)c4ccccc34)c3ccccc23)cc1. The molecule has 1 heteroatoms. The Balaban J connectivity index is 1.25. The summed E-state index contributed by atoms with van der Waals surface area (Å²) in [6, 6.07) is 78.4. The van der Waals surface area contributed by atoms with E-state index in [1.807, 2.05) is 0 Å². The molecular weight excluding hydrogens is 687 g/mol. The average molecular weight is 722 g/mol. The van der Waals surface area contributed by atoms with Crippen molar-refractivity contribution >= 4 is 75.7 Å². The summed E-state index contributed by atoms with van der Waals surface area (Å²) < 4.78 is 2.50. The molecule has 0 N–H and O–H groups in total. The van der Waals surface area contributed by atoms with Crippen molar-refractivity contribution in [3.63, 3.8) is 0 Å². The Kier molecular flexibility index (Phi) is 7.00. The Morgan fingerprint density at radius 2 is 0.579 bits per heavy atom. The molecule has 0 saturated carbocycles. The zero-order valence-electron chi connectivity index (χ0n) is 31.2. The van der Waals surface area contributed by atoms with Crippen LogP contribution in [-0.2, 0) is 0 Å². The molecule has 0 spiro atoms. The van der Waals surface area contributed by atoms with Gasteiger partial charge in [-0.3, -0.25) is 0 Å². The normalized spacial score (nSPS) is 11.9. The molecule has 0 aliphatic carbocycles. The van der Waals surface area contributed by atoms with Gasteiger partial charge in [0.2, 0.25) is 0 Å². The van der Waals surface area contributed by atoms with Crippen molar-refractivity contribution in [2.24, 2.45) is 0 Å². The van der Waals surface area contributed by atoms with Crippen molar-refractivity contribution in [3.8, 4) is 39.1 Å². The molecule has 12 rings (SSSR count). The molecule has 0 radical (unpaired) electrons. The van der Waals surface area contributed by atoms with E-state index in [2.05, 4.69) is 217 Å². The Morgan fingerprint density at radius 3 is 1.05 bits per heavy atom. The first-order chi connectivity index (χ1) is 28.3. The van der Waals surface area contributed by atoms with E-state index in [0.717, 1.165) is 0 Å². The molecule has 0 atom stereocenters. The van der Waals surface area contributed by atoms with Gasteiger partial charge >= 0.3 is 0 Å². The third kappa shape index (κ3) is 4.70. The molecule has 0 saturated heterocycles. The molecule has 0 aliphatic heterocycles. The van der Waals surface area contributed by atoms with Crippen LogP contribution in [-0.4, -0.2) is 4.57 Å². The number of para-hydroxylation sites is 2. The second-order valence-electron chi connectivity index (χ2n) is 15.1. The van der Waals surface area contributed by atoms with Crippen molar-refractivity contribution < 1.29 is 0 Å². The molecule has 57 heavy (non-hydrogen) atoms. The van der Waals surface area contributed by atoms with Gasteiger partial charge < -0.3 is 4.57 Å². The zero-order valence-corrected chi connectivity index (χ0v) is 31.2. The molecule has 11 aromatic carbocycles. The van der Waals surface area contributed by atoms with Crippen molar-refractivity contribution in [3.05, 3.63) is 212 Å². The lowest BCUT2D eigenvalue weighted by Crippen LogP contribution is -2.00. The van der Waals surface area contributed by atoms with Crippen LogP contribution in [0.1, 0.15) is 0 Å². The maximum Gasteiger partial charge on any atom is 0.0619 e. The highest BCUT2D eigenvalue weighted by Crippen LogP contribution is 2.51. The van der Waals surface area contributed by atoms with E-state index < -0.39 is 0 Å². The van der Waals surface area contributed by atoms with Gasteiger partial charge in [-0.2, -0.15) is 0 Å². The number of nitrogens with zero attached hydrogens (tertiary/aromatic N) is 1. The van der Waals surface area contributed by atoms with E-state index >= 15 is 0 Å². The van der Waals surface area contributed by atoms with E-state index in [4.69, 9.17) is 0 Å². The quantitative estimate of drug-likeness (QED) is 0.160. The van der Waals surface area contributed by atoms with Gasteiger partial charge in [0.1, 0.15) is 0 Å². The van der Waals surface area contributed by atoms with Gasteiger partial charge in [0.25, 0.3) is 0 Å². The topological polar surface area (TPSA) is 4.93 Å². The maximum absolute atomic E-state index is 2.50. The van der Waals surface area contributed by atoms with Crippen LogP contribution in [0.2, 0.25) is 0 Å². The van der Waals surface area contributed by atoms with E-state index in [1.165, 1.54) is 115 Å². The standard InChI is InChI=1S/C56H35N/c1-2-18-36(19-3-1)49-34-37-20-4-5-21-38(37)35-50(49)53-41-24-6-8-26-43(41)54(44-27-9-7-25-42(44)53)55-45-28-10-12-30-47(45)56(48-31-13-11-29-46(48)55)57-51-32-16-14-22-39(51)40-23-15-17-33-52(40)57/h1-35H. The molecule has 0 fully saturated rings. The van der Waals surface area contributed by atoms with Crippen LogP contribution in [0.25, 0.3) is 115 Å². The van der Waals surface area contributed by atoms with Crippen LogP contribution >= 0.6 is 0 Å². The summed E-state index contributed by atoms with van der Waals surface area (Å²) in [5.41, 5.74) is 11.2. The van der Waals surface area contributed by atoms with Crippen molar-refractivity contribution in [1.29, 1.82) is 0 Å². The van der Waals surface area contributed by atoms with Gasteiger partial charge in [0, 0.05) is 21.5 Å². The minimum absolute atomic E-state index is 1.21. The molecule has 264 valence electrons. The largest absolute Gasteiger partial charge is 0.308 e. The first kappa shape index (κ1) is 31.8. The fourth-order valence-electron chi connectivity index (χ4n) is 9.77. The molecule has 1 aromatic heterocycles. The van der Waals surface area contributed by atoms with Gasteiger partial charge in [0.15, 0.2) is 0 Å². The highest BCUT2D eigenvalue weighted by atomic mass is 15.0. The predicted molar refractivity (Wildman–Crippen MR) is 245 cm³/mol. The number of fused-ring (bicyclic) bond motifs is 8. The minimum atomic E-state index is 1.21. The van der Waals surface area contributed by atoms with Gasteiger partial charge in [-0.1, -0.05) is 188 Å². The third-order valence-electron chi connectivity index (χ3n) is 12.1. The van der Waals surface area contributed by atoms with Gasteiger partial charge in [-0.05, 0) is 101 Å². The monoisotopic (exact) mass is 721 g/mol. The number of hydrogen-bond donors (Lipinski definition) is 0. The average Bonchev–Trinajstić information content (AvgIpc) is 3.61.